The van der Waals surface area contributed by atoms with Crippen LogP contribution in [0.1, 0.15) is 11.1 Å². The maximum Gasteiger partial charge on any atom is 0.341 e. The van der Waals surface area contributed by atoms with Crippen LogP contribution in [0, 0.1) is 11.3 Å². The summed E-state index contributed by atoms with van der Waals surface area (Å²) < 4.78 is 7.64. The number of aliphatic carboxylic acids is 1. The minimum atomic E-state index is -1.08. The molecule has 2 aromatic carbocycles. The van der Waals surface area contributed by atoms with Crippen molar-refractivity contribution in [2.45, 2.75) is 0 Å². The van der Waals surface area contributed by atoms with E-state index in [9.17, 15) is 10.1 Å². The normalized spacial score (nSPS) is 11.0. The van der Waals surface area contributed by atoms with Crippen molar-refractivity contribution < 1.29 is 14.6 Å². The fraction of sp³-hybridized carbons (Fsp3) is 0.0588. The van der Waals surface area contributed by atoms with Gasteiger partial charge in [-0.05, 0) is 51.8 Å². The van der Waals surface area contributed by atoms with Crippen LogP contribution in [0.5, 0.6) is 5.75 Å². The molecule has 0 amide bonds. The minimum Gasteiger partial charge on any atom is -0.480 e. The summed E-state index contributed by atoms with van der Waals surface area (Å²) in [5, 5.41) is 18.3. The van der Waals surface area contributed by atoms with Crippen LogP contribution in [0.25, 0.3) is 11.6 Å². The van der Waals surface area contributed by atoms with Gasteiger partial charge in [0.2, 0.25) is 0 Å². The second-order valence-corrected chi connectivity index (χ2v) is 7.35. The Labute approximate surface area is 164 Å². The van der Waals surface area contributed by atoms with Crippen LogP contribution < -0.4 is 4.74 Å². The first-order valence-electron chi connectivity index (χ1n) is 6.62. The number of allylic oxidation sites excluding steroid dienone is 1. The average molecular weight is 516 g/mol. The number of benzene rings is 2. The molecule has 0 aliphatic rings. The van der Waals surface area contributed by atoms with E-state index in [1.54, 1.807) is 18.2 Å². The molecule has 0 unspecified atom stereocenters. The van der Waals surface area contributed by atoms with Crippen molar-refractivity contribution in [3.8, 4) is 11.8 Å². The van der Waals surface area contributed by atoms with Crippen LogP contribution in [0.4, 0.5) is 0 Å². The summed E-state index contributed by atoms with van der Waals surface area (Å²) in [7, 11) is 0. The van der Waals surface area contributed by atoms with Gasteiger partial charge in [0.15, 0.2) is 6.61 Å². The van der Waals surface area contributed by atoms with Gasteiger partial charge in [0.25, 0.3) is 0 Å². The zero-order chi connectivity index (χ0) is 17.7. The smallest absolute Gasteiger partial charge is 0.341 e. The van der Waals surface area contributed by atoms with Crippen LogP contribution >= 0.6 is 47.8 Å². The third kappa shape index (κ3) is 4.94. The number of hydrogen-bond acceptors (Lipinski definition) is 3. The highest BCUT2D eigenvalue weighted by Crippen LogP contribution is 2.35. The molecule has 0 atom stereocenters. The Balaban J connectivity index is 2.50. The summed E-state index contributed by atoms with van der Waals surface area (Å²) in [5.74, 6) is -0.710. The summed E-state index contributed by atoms with van der Waals surface area (Å²) >= 11 is 10.1. The topological polar surface area (TPSA) is 70.3 Å². The van der Waals surface area contributed by atoms with Crippen molar-refractivity contribution in [2.75, 3.05) is 6.61 Å². The second-order valence-electron chi connectivity index (χ2n) is 4.67. The quantitative estimate of drug-likeness (QED) is 0.421. The van der Waals surface area contributed by atoms with Crippen molar-refractivity contribution in [3.05, 3.63) is 60.9 Å². The van der Waals surface area contributed by atoms with Gasteiger partial charge in [-0.3, -0.25) is 0 Å². The van der Waals surface area contributed by atoms with Crippen LogP contribution in [-0.2, 0) is 4.79 Å². The predicted octanol–water partition coefficient (Wildman–Crippen LogP) is 5.50. The van der Waals surface area contributed by atoms with Crippen LogP contribution in [0.3, 0.4) is 0 Å². The van der Waals surface area contributed by atoms with Crippen LogP contribution in [-0.4, -0.2) is 17.7 Å². The molecule has 2 aromatic rings. The lowest BCUT2D eigenvalue weighted by Crippen LogP contribution is -2.10. The molecule has 0 radical (unpaired) electrons. The molecule has 0 saturated carbocycles. The van der Waals surface area contributed by atoms with Gasteiger partial charge in [0.05, 0.1) is 16.1 Å². The summed E-state index contributed by atoms with van der Waals surface area (Å²) in [6.45, 7) is -0.471. The molecule has 0 heterocycles. The molecule has 7 heteroatoms. The van der Waals surface area contributed by atoms with Gasteiger partial charge < -0.3 is 9.84 Å². The molecule has 4 nitrogen and oxygen atoms in total. The molecule has 0 aromatic heterocycles. The summed E-state index contributed by atoms with van der Waals surface area (Å²) in [6.07, 6.45) is 1.66. The molecular weight excluding hydrogens is 506 g/mol. The van der Waals surface area contributed by atoms with Gasteiger partial charge in [0.1, 0.15) is 5.75 Å². The first-order chi connectivity index (χ1) is 11.4. The summed E-state index contributed by atoms with van der Waals surface area (Å²) in [4.78, 5) is 10.8. The Morgan fingerprint density at radius 1 is 1.17 bits per heavy atom. The van der Waals surface area contributed by atoms with Gasteiger partial charge in [-0.15, -0.1) is 0 Å². The number of nitrogens with zero attached hydrogens (tertiary/aromatic N) is 1. The van der Waals surface area contributed by atoms with Crippen molar-refractivity contribution in [2.24, 2.45) is 0 Å². The van der Waals surface area contributed by atoms with E-state index in [0.29, 0.717) is 21.4 Å². The van der Waals surface area contributed by atoms with Gasteiger partial charge in [-0.25, -0.2) is 4.79 Å². The second kappa shape index (κ2) is 8.47. The fourth-order valence-electron chi connectivity index (χ4n) is 1.94. The number of carboxylic acids is 1. The minimum absolute atomic E-state index is 0.366. The lowest BCUT2D eigenvalue weighted by Gasteiger charge is -2.11. The predicted molar refractivity (Wildman–Crippen MR) is 103 cm³/mol. The summed E-state index contributed by atoms with van der Waals surface area (Å²) in [5.41, 5.74) is 1.78. The zero-order valence-electron chi connectivity index (χ0n) is 12.1. The molecule has 0 spiro atoms. The molecule has 0 saturated heterocycles. The van der Waals surface area contributed by atoms with E-state index in [1.165, 1.54) is 0 Å². The number of ether oxygens (including phenoxy) is 1. The molecule has 0 fully saturated rings. The van der Waals surface area contributed by atoms with Crippen LogP contribution in [0.2, 0.25) is 0 Å². The van der Waals surface area contributed by atoms with Crippen LogP contribution in [0.15, 0.2) is 49.8 Å². The van der Waals surface area contributed by atoms with E-state index in [1.807, 2.05) is 24.3 Å². The lowest BCUT2D eigenvalue weighted by molar-refractivity contribution is -0.139. The van der Waals surface area contributed by atoms with E-state index >= 15 is 0 Å². The van der Waals surface area contributed by atoms with Gasteiger partial charge in [-0.2, -0.15) is 5.26 Å². The first-order valence-corrected chi connectivity index (χ1v) is 9.00. The largest absolute Gasteiger partial charge is 0.480 e. The number of nitriles is 1. The Morgan fingerprint density at radius 2 is 1.83 bits per heavy atom. The van der Waals surface area contributed by atoms with Crippen molar-refractivity contribution >= 4 is 65.4 Å². The van der Waals surface area contributed by atoms with Gasteiger partial charge in [-0.1, -0.05) is 44.0 Å². The maximum atomic E-state index is 10.8. The number of halogens is 3. The summed E-state index contributed by atoms with van der Waals surface area (Å²) in [6, 6.07) is 13.0. The molecule has 1 N–H and O–H groups in total. The maximum absolute atomic E-state index is 10.8. The average Bonchev–Trinajstić information content (AvgIpc) is 2.52. The highest BCUT2D eigenvalue weighted by atomic mass is 79.9. The number of carbonyl (C=O) groups is 1. The van der Waals surface area contributed by atoms with E-state index in [2.05, 4.69) is 53.9 Å². The molecule has 0 aliphatic carbocycles. The standard InChI is InChI=1S/C17H10Br3NO3/c18-13-3-1-10(2-4-13)12(8-21)5-11-6-14(19)7-15(20)17(11)24-9-16(22)23/h1-7H,9H2,(H,22,23)/b12-5+. The highest BCUT2D eigenvalue weighted by Gasteiger charge is 2.12. The Morgan fingerprint density at radius 3 is 2.42 bits per heavy atom. The molecular formula is C17H10Br3NO3. The third-order valence-electron chi connectivity index (χ3n) is 2.95. The molecule has 2 rings (SSSR count). The van der Waals surface area contributed by atoms with Crippen molar-refractivity contribution in [3.63, 3.8) is 0 Å². The van der Waals surface area contributed by atoms with Gasteiger partial charge in [0, 0.05) is 14.5 Å². The van der Waals surface area contributed by atoms with E-state index in [4.69, 9.17) is 9.84 Å². The van der Waals surface area contributed by atoms with Crippen molar-refractivity contribution in [1.82, 2.24) is 0 Å². The number of hydrogen-bond donors (Lipinski definition) is 1. The molecule has 0 bridgehead atoms. The first kappa shape index (κ1) is 18.7. The SMILES string of the molecule is N#C/C(=C\c1cc(Br)cc(Br)c1OCC(=O)O)c1ccc(Br)cc1. The monoisotopic (exact) mass is 513 g/mol. The third-order valence-corrected chi connectivity index (χ3v) is 4.53. The number of carboxylic acid groups (broad SMARTS) is 1. The molecule has 122 valence electrons. The van der Waals surface area contributed by atoms with E-state index in [-0.39, 0.29) is 0 Å². The zero-order valence-corrected chi connectivity index (χ0v) is 16.9. The fourth-order valence-corrected chi connectivity index (χ4v) is 3.58. The Kier molecular flexibility index (Phi) is 6.60. The Hall–Kier alpha value is -1.62. The number of rotatable bonds is 5. The molecule has 24 heavy (non-hydrogen) atoms. The highest BCUT2D eigenvalue weighted by molar-refractivity contribution is 9.11. The Bertz CT molecular complexity index is 839. The lowest BCUT2D eigenvalue weighted by atomic mass is 10.0. The van der Waals surface area contributed by atoms with E-state index < -0.39 is 12.6 Å². The van der Waals surface area contributed by atoms with Crippen molar-refractivity contribution in [1.29, 1.82) is 5.26 Å². The van der Waals surface area contributed by atoms with Gasteiger partial charge >= 0.3 is 5.97 Å². The van der Waals surface area contributed by atoms with E-state index in [0.717, 1.165) is 14.5 Å². The molecule has 0 aliphatic heterocycles.